The van der Waals surface area contributed by atoms with E-state index in [2.05, 4.69) is 28.6 Å². The zero-order chi connectivity index (χ0) is 11.3. The van der Waals surface area contributed by atoms with Crippen molar-refractivity contribution < 1.29 is 9.53 Å². The molecule has 1 rings (SSSR count). The zero-order valence-electron chi connectivity index (χ0n) is 8.50. The van der Waals surface area contributed by atoms with E-state index in [1.54, 1.807) is 0 Å². The number of carbonyl (C=O) groups excluding carboxylic acids is 1. The molecule has 0 saturated carbocycles. The van der Waals surface area contributed by atoms with E-state index >= 15 is 0 Å². The largest absolute Gasteiger partial charge is 0.494 e. The Labute approximate surface area is 104 Å². The molecule has 2 nitrogen and oxygen atoms in total. The molecule has 1 aromatic carbocycles. The summed E-state index contributed by atoms with van der Waals surface area (Å²) < 4.78 is 5.33. The number of rotatable bonds is 5. The number of ether oxygens (including phenoxy) is 1. The summed E-state index contributed by atoms with van der Waals surface area (Å²) in [5, 5.41) is 0.382. The predicted molar refractivity (Wildman–Crippen MR) is 67.4 cm³/mol. The van der Waals surface area contributed by atoms with Crippen molar-refractivity contribution in [2.24, 2.45) is 0 Å². The first kappa shape index (κ1) is 12.6. The number of ketones is 1. The predicted octanol–water partition coefficient (Wildman–Crippen LogP) is 2.88. The van der Waals surface area contributed by atoms with E-state index in [1.807, 2.05) is 25.1 Å². The second-order valence-corrected chi connectivity index (χ2v) is 4.12. The van der Waals surface area contributed by atoms with Crippen LogP contribution in [0.3, 0.4) is 0 Å². The maximum Gasteiger partial charge on any atom is 0.147 e. The minimum absolute atomic E-state index is 0.148. The molecule has 0 unspecified atom stereocenters. The highest BCUT2D eigenvalue weighted by Crippen LogP contribution is 2.21. The van der Waals surface area contributed by atoms with Gasteiger partial charge in [-0.3, -0.25) is 4.79 Å². The minimum atomic E-state index is 0.148. The molecule has 1 aromatic rings. The van der Waals surface area contributed by atoms with Crippen LogP contribution in [0.1, 0.15) is 12.5 Å². The van der Waals surface area contributed by atoms with Crippen LogP contribution in [0.15, 0.2) is 23.1 Å². The van der Waals surface area contributed by atoms with Gasteiger partial charge in [-0.15, -0.1) is 12.6 Å². The Hall–Kier alpha value is -0.480. The number of carbonyl (C=O) groups is 1. The van der Waals surface area contributed by atoms with E-state index < -0.39 is 0 Å². The van der Waals surface area contributed by atoms with Crippen molar-refractivity contribution in [1.82, 2.24) is 0 Å². The summed E-state index contributed by atoms with van der Waals surface area (Å²) in [4.78, 5) is 12.0. The van der Waals surface area contributed by atoms with Gasteiger partial charge >= 0.3 is 0 Å². The summed E-state index contributed by atoms with van der Waals surface area (Å²) >= 11 is 7.46. The summed E-state index contributed by atoms with van der Waals surface area (Å²) in [6, 6.07) is 5.58. The van der Waals surface area contributed by atoms with Gasteiger partial charge < -0.3 is 4.74 Å². The molecule has 0 aliphatic rings. The van der Waals surface area contributed by atoms with E-state index in [-0.39, 0.29) is 5.78 Å². The first-order valence-corrected chi connectivity index (χ1v) is 6.26. The van der Waals surface area contributed by atoms with Crippen LogP contribution in [0.25, 0.3) is 0 Å². The highest BCUT2D eigenvalue weighted by Gasteiger charge is 2.06. The van der Waals surface area contributed by atoms with Crippen LogP contribution in [-0.2, 0) is 11.2 Å². The van der Waals surface area contributed by atoms with E-state index in [9.17, 15) is 4.79 Å². The number of alkyl halides is 1. The Kier molecular flexibility index (Phi) is 5.19. The fourth-order valence-corrected chi connectivity index (χ4v) is 1.69. The van der Waals surface area contributed by atoms with E-state index in [4.69, 9.17) is 4.74 Å². The molecule has 0 spiro atoms. The molecule has 0 aromatic heterocycles. The van der Waals surface area contributed by atoms with Gasteiger partial charge in [0.25, 0.3) is 0 Å². The summed E-state index contributed by atoms with van der Waals surface area (Å²) in [5.41, 5.74) is 0.936. The van der Waals surface area contributed by atoms with Crippen molar-refractivity contribution in [3.8, 4) is 5.75 Å². The van der Waals surface area contributed by atoms with Crippen molar-refractivity contribution in [3.63, 3.8) is 0 Å². The number of thiol groups is 1. The normalized spacial score (nSPS) is 10.1. The second kappa shape index (κ2) is 6.18. The molecule has 4 heteroatoms. The number of hydrogen-bond acceptors (Lipinski definition) is 3. The van der Waals surface area contributed by atoms with Gasteiger partial charge in [0.15, 0.2) is 0 Å². The molecule has 0 aliphatic carbocycles. The Morgan fingerprint density at radius 2 is 2.27 bits per heavy atom. The van der Waals surface area contributed by atoms with Crippen LogP contribution < -0.4 is 4.74 Å². The van der Waals surface area contributed by atoms with Crippen LogP contribution in [0.4, 0.5) is 0 Å². The lowest BCUT2D eigenvalue weighted by Gasteiger charge is -2.07. The Bertz CT molecular complexity index is 352. The van der Waals surface area contributed by atoms with Gasteiger partial charge in [-0.05, 0) is 24.6 Å². The van der Waals surface area contributed by atoms with Crippen LogP contribution in [0.5, 0.6) is 5.75 Å². The molecule has 0 aliphatic heterocycles. The molecule has 0 fully saturated rings. The molecule has 82 valence electrons. The lowest BCUT2D eigenvalue weighted by Crippen LogP contribution is -2.04. The fraction of sp³-hybridized carbons (Fsp3) is 0.364. The van der Waals surface area contributed by atoms with Crippen molar-refractivity contribution in [1.29, 1.82) is 0 Å². The molecule has 0 saturated heterocycles. The number of halogens is 1. The zero-order valence-corrected chi connectivity index (χ0v) is 11.0. The molecule has 0 N–H and O–H groups in total. The van der Waals surface area contributed by atoms with Crippen LogP contribution in [0, 0.1) is 0 Å². The molecule has 0 amide bonds. The highest BCUT2D eigenvalue weighted by atomic mass is 79.9. The second-order valence-electron chi connectivity index (χ2n) is 3.07. The maximum atomic E-state index is 11.2. The molecule has 0 bridgehead atoms. The summed E-state index contributed by atoms with van der Waals surface area (Å²) in [6.07, 6.45) is 0.413. The van der Waals surface area contributed by atoms with Crippen molar-refractivity contribution in [3.05, 3.63) is 23.8 Å². The Balaban J connectivity index is 2.78. The molecule has 0 radical (unpaired) electrons. The lowest BCUT2D eigenvalue weighted by atomic mass is 10.1. The number of benzene rings is 1. The first-order chi connectivity index (χ1) is 7.17. The van der Waals surface area contributed by atoms with Gasteiger partial charge in [-0.1, -0.05) is 22.0 Å². The quantitative estimate of drug-likeness (QED) is 0.666. The lowest BCUT2D eigenvalue weighted by molar-refractivity contribution is -0.115. The third-order valence-corrected chi connectivity index (χ3v) is 2.95. The monoisotopic (exact) mass is 288 g/mol. The van der Waals surface area contributed by atoms with Crippen molar-refractivity contribution >= 4 is 34.3 Å². The van der Waals surface area contributed by atoms with Crippen LogP contribution >= 0.6 is 28.6 Å². The third-order valence-electron chi connectivity index (χ3n) is 1.90. The summed E-state index contributed by atoms with van der Waals surface area (Å²) in [7, 11) is 0. The smallest absolute Gasteiger partial charge is 0.147 e. The summed E-state index contributed by atoms with van der Waals surface area (Å²) in [6.45, 7) is 2.56. The molecule has 0 heterocycles. The van der Waals surface area contributed by atoms with Crippen LogP contribution in [0.2, 0.25) is 0 Å². The number of hydrogen-bond donors (Lipinski definition) is 1. The third kappa shape index (κ3) is 3.87. The molecule has 15 heavy (non-hydrogen) atoms. The van der Waals surface area contributed by atoms with Gasteiger partial charge in [0.05, 0.1) is 11.9 Å². The van der Waals surface area contributed by atoms with E-state index in [0.29, 0.717) is 18.4 Å². The number of Topliss-reactive ketones (excluding diaryl/α,β-unsaturated/α-hetero) is 1. The minimum Gasteiger partial charge on any atom is -0.494 e. The van der Waals surface area contributed by atoms with Gasteiger partial charge in [0.1, 0.15) is 11.5 Å². The molecule has 0 atom stereocenters. The first-order valence-electron chi connectivity index (χ1n) is 4.69. The van der Waals surface area contributed by atoms with E-state index in [0.717, 1.165) is 16.2 Å². The average molecular weight is 289 g/mol. The summed E-state index contributed by atoms with van der Waals surface area (Å²) in [5.74, 6) is 0.937. The topological polar surface area (TPSA) is 26.3 Å². The van der Waals surface area contributed by atoms with Crippen molar-refractivity contribution in [2.75, 3.05) is 11.9 Å². The Morgan fingerprint density at radius 3 is 2.80 bits per heavy atom. The van der Waals surface area contributed by atoms with E-state index in [1.165, 1.54) is 0 Å². The molecular formula is C11H13BrO2S. The van der Waals surface area contributed by atoms with Gasteiger partial charge in [0.2, 0.25) is 0 Å². The Morgan fingerprint density at radius 1 is 1.53 bits per heavy atom. The highest BCUT2D eigenvalue weighted by molar-refractivity contribution is 9.09. The standard InChI is InChI=1S/C11H13BrO2S/c1-2-14-10-4-3-8(11(15)6-10)5-9(13)7-12/h3-4,6,15H,2,5,7H2,1H3. The fourth-order valence-electron chi connectivity index (χ4n) is 1.21. The van der Waals surface area contributed by atoms with Gasteiger partial charge in [0, 0.05) is 11.3 Å². The van der Waals surface area contributed by atoms with Crippen molar-refractivity contribution in [2.45, 2.75) is 18.2 Å². The molecular weight excluding hydrogens is 276 g/mol. The van der Waals surface area contributed by atoms with Gasteiger partial charge in [-0.2, -0.15) is 0 Å². The average Bonchev–Trinajstić information content (AvgIpc) is 2.22. The van der Waals surface area contributed by atoms with Crippen LogP contribution in [-0.4, -0.2) is 17.7 Å². The van der Waals surface area contributed by atoms with Gasteiger partial charge in [-0.25, -0.2) is 0 Å². The maximum absolute atomic E-state index is 11.2. The SMILES string of the molecule is CCOc1ccc(CC(=O)CBr)c(S)c1.